The van der Waals surface area contributed by atoms with Crippen LogP contribution in [0.5, 0.6) is 0 Å². The molecule has 5 rings (SSSR count). The lowest BCUT2D eigenvalue weighted by Crippen LogP contribution is -2.50. The molecule has 5 unspecified atom stereocenters. The molecule has 1 heteroatoms. The van der Waals surface area contributed by atoms with E-state index >= 15 is 0 Å². The van der Waals surface area contributed by atoms with E-state index in [0.29, 0.717) is 10.8 Å². The minimum Gasteiger partial charge on any atom is -0.393 e. The van der Waals surface area contributed by atoms with E-state index in [2.05, 4.69) is 47.6 Å². The summed E-state index contributed by atoms with van der Waals surface area (Å²) in [5.74, 6) is 6.09. The lowest BCUT2D eigenvalue weighted by atomic mass is 9.47. The molecular weight excluding hydrogens is 364 g/mol. The van der Waals surface area contributed by atoms with Crippen molar-refractivity contribution in [2.75, 3.05) is 0 Å². The van der Waals surface area contributed by atoms with Crippen LogP contribution >= 0.6 is 0 Å². The second-order valence-corrected chi connectivity index (χ2v) is 12.9. The summed E-state index contributed by atoms with van der Waals surface area (Å²) < 4.78 is 0. The molecule has 0 aromatic carbocycles. The van der Waals surface area contributed by atoms with Gasteiger partial charge in [-0.05, 0) is 111 Å². The summed E-state index contributed by atoms with van der Waals surface area (Å²) in [5, 5.41) is 10.2. The van der Waals surface area contributed by atoms with Crippen LogP contribution in [0.3, 0.4) is 0 Å². The smallest absolute Gasteiger partial charge is 0.0577 e. The molecule has 0 aromatic heterocycles. The van der Waals surface area contributed by atoms with Crippen molar-refractivity contribution in [2.45, 2.75) is 105 Å². The highest BCUT2D eigenvalue weighted by Gasteiger charge is 2.59. The molecule has 3 fully saturated rings. The van der Waals surface area contributed by atoms with Crippen molar-refractivity contribution >= 4 is 0 Å². The maximum Gasteiger partial charge on any atom is 0.0577 e. The molecule has 9 atom stereocenters. The Balaban J connectivity index is 1.32. The summed E-state index contributed by atoms with van der Waals surface area (Å²) in [6.45, 7) is 15.0. The van der Waals surface area contributed by atoms with E-state index in [1.54, 1.807) is 16.7 Å². The minimum atomic E-state index is -0.0818. The van der Waals surface area contributed by atoms with Crippen LogP contribution in [0, 0.1) is 52.3 Å². The third kappa shape index (κ3) is 3.04. The standard InChI is InChI=1S/C29H46O/c1-17(2)27-19(4)23(27)15-18(3)24-9-10-25-22-8-7-20-16-21(30)11-13-28(20,5)26(22)12-14-29(24,25)6/h7,17-18,21-26,30H,8-16H2,1-6H3/t18-,21+,22?,23?,24?,25?,26?,28+,29-/m1/s1. The van der Waals surface area contributed by atoms with Crippen molar-refractivity contribution in [1.29, 1.82) is 0 Å². The zero-order valence-corrected chi connectivity index (χ0v) is 20.5. The maximum absolute atomic E-state index is 10.2. The molecule has 5 aliphatic carbocycles. The number of aliphatic hydroxyl groups is 1. The lowest BCUT2D eigenvalue weighted by molar-refractivity contribution is -0.0574. The van der Waals surface area contributed by atoms with Gasteiger partial charge in [0.05, 0.1) is 6.10 Å². The molecule has 168 valence electrons. The molecule has 1 N–H and O–H groups in total. The summed E-state index contributed by atoms with van der Waals surface area (Å²) in [5.41, 5.74) is 6.07. The molecule has 1 nitrogen and oxygen atoms in total. The molecule has 0 amide bonds. The Hall–Kier alpha value is -0.560. The maximum atomic E-state index is 10.2. The van der Waals surface area contributed by atoms with Gasteiger partial charge in [0.15, 0.2) is 0 Å². The normalized spacial score (nSPS) is 48.7. The van der Waals surface area contributed by atoms with Gasteiger partial charge in [-0.3, -0.25) is 0 Å². The zero-order chi connectivity index (χ0) is 21.4. The molecule has 0 radical (unpaired) electrons. The first-order chi connectivity index (χ1) is 14.2. The summed E-state index contributed by atoms with van der Waals surface area (Å²) in [6, 6.07) is 0. The summed E-state index contributed by atoms with van der Waals surface area (Å²) in [7, 11) is 0. The van der Waals surface area contributed by atoms with Crippen molar-refractivity contribution in [3.63, 3.8) is 0 Å². The van der Waals surface area contributed by atoms with Gasteiger partial charge < -0.3 is 5.11 Å². The van der Waals surface area contributed by atoms with Crippen molar-refractivity contribution < 1.29 is 5.11 Å². The highest BCUT2D eigenvalue weighted by atomic mass is 16.3. The third-order valence-electron chi connectivity index (χ3n) is 11.3. The highest BCUT2D eigenvalue weighted by molar-refractivity contribution is 5.40. The zero-order valence-electron chi connectivity index (χ0n) is 20.5. The predicted octanol–water partition coefficient (Wildman–Crippen LogP) is 7.55. The molecule has 0 aromatic rings. The number of hydrogen-bond donors (Lipinski definition) is 1. The molecule has 0 saturated heterocycles. The second-order valence-electron chi connectivity index (χ2n) is 12.9. The quantitative estimate of drug-likeness (QED) is 0.474. The van der Waals surface area contributed by atoms with E-state index in [-0.39, 0.29) is 6.10 Å². The molecule has 3 saturated carbocycles. The van der Waals surface area contributed by atoms with E-state index in [1.165, 1.54) is 44.9 Å². The van der Waals surface area contributed by atoms with Crippen LogP contribution in [0.25, 0.3) is 0 Å². The molecular formula is C29H46O. The van der Waals surface area contributed by atoms with Crippen molar-refractivity contribution in [1.82, 2.24) is 0 Å². The van der Waals surface area contributed by atoms with Gasteiger partial charge in [0.1, 0.15) is 0 Å². The van der Waals surface area contributed by atoms with Crippen LogP contribution in [0.15, 0.2) is 22.8 Å². The van der Waals surface area contributed by atoms with E-state index in [0.717, 1.165) is 54.3 Å². The Morgan fingerprint density at radius 2 is 1.80 bits per heavy atom. The molecule has 0 heterocycles. The van der Waals surface area contributed by atoms with Gasteiger partial charge in [-0.1, -0.05) is 57.4 Å². The topological polar surface area (TPSA) is 20.2 Å². The van der Waals surface area contributed by atoms with Gasteiger partial charge in [-0.25, -0.2) is 0 Å². The SMILES string of the molecule is CC1=C(C(C)C)C1C[C@@H](C)C1CCC2C3CC=C4C[C@@H](O)CC[C@]4(C)C3CC[C@@]21C. The molecule has 0 spiro atoms. The number of hydrogen-bond acceptors (Lipinski definition) is 1. The Labute approximate surface area is 185 Å². The van der Waals surface area contributed by atoms with Crippen molar-refractivity contribution in [3.05, 3.63) is 22.8 Å². The fourth-order valence-electron chi connectivity index (χ4n) is 9.73. The number of aliphatic hydroxyl groups excluding tert-OH is 1. The first kappa shape index (κ1) is 21.3. The van der Waals surface area contributed by atoms with Crippen molar-refractivity contribution in [3.8, 4) is 0 Å². The Bertz CT molecular complexity index is 758. The minimum absolute atomic E-state index is 0.0818. The van der Waals surface area contributed by atoms with E-state index in [9.17, 15) is 5.11 Å². The van der Waals surface area contributed by atoms with Gasteiger partial charge in [-0.2, -0.15) is 0 Å². The number of fused-ring (bicyclic) bond motifs is 5. The van der Waals surface area contributed by atoms with Crippen LogP contribution in [-0.4, -0.2) is 11.2 Å². The monoisotopic (exact) mass is 410 g/mol. The fourth-order valence-corrected chi connectivity index (χ4v) is 9.73. The van der Waals surface area contributed by atoms with Gasteiger partial charge >= 0.3 is 0 Å². The van der Waals surface area contributed by atoms with Crippen LogP contribution in [0.2, 0.25) is 0 Å². The summed E-state index contributed by atoms with van der Waals surface area (Å²) >= 11 is 0. The average molecular weight is 411 g/mol. The molecule has 0 bridgehead atoms. The summed E-state index contributed by atoms with van der Waals surface area (Å²) in [4.78, 5) is 0. The van der Waals surface area contributed by atoms with Crippen molar-refractivity contribution in [2.24, 2.45) is 52.3 Å². The molecule has 5 aliphatic rings. The Morgan fingerprint density at radius 1 is 1.03 bits per heavy atom. The fraction of sp³-hybridized carbons (Fsp3) is 0.862. The average Bonchev–Trinajstić information content (AvgIpc) is 3.17. The Kier molecular flexibility index (Phi) is 5.13. The first-order valence-electron chi connectivity index (χ1n) is 13.2. The highest BCUT2D eigenvalue weighted by Crippen LogP contribution is 2.67. The summed E-state index contributed by atoms with van der Waals surface area (Å²) in [6.07, 6.45) is 14.2. The van der Waals surface area contributed by atoms with E-state index in [1.807, 2.05) is 0 Å². The largest absolute Gasteiger partial charge is 0.393 e. The Morgan fingerprint density at radius 3 is 2.50 bits per heavy atom. The van der Waals surface area contributed by atoms with Crippen LogP contribution in [0.1, 0.15) is 99.3 Å². The van der Waals surface area contributed by atoms with Crippen LogP contribution in [0.4, 0.5) is 0 Å². The number of allylic oxidation sites excluding steroid dienone is 3. The van der Waals surface area contributed by atoms with Gasteiger partial charge in [0.2, 0.25) is 0 Å². The molecule has 0 aliphatic heterocycles. The number of rotatable bonds is 4. The van der Waals surface area contributed by atoms with Crippen LogP contribution in [-0.2, 0) is 0 Å². The second kappa shape index (κ2) is 7.23. The van der Waals surface area contributed by atoms with Gasteiger partial charge in [-0.15, -0.1) is 0 Å². The predicted molar refractivity (Wildman–Crippen MR) is 126 cm³/mol. The lowest BCUT2D eigenvalue weighted by Gasteiger charge is -2.58. The first-order valence-corrected chi connectivity index (χ1v) is 13.2. The third-order valence-corrected chi connectivity index (χ3v) is 11.3. The van der Waals surface area contributed by atoms with Gasteiger partial charge in [0.25, 0.3) is 0 Å². The molecule has 30 heavy (non-hydrogen) atoms. The van der Waals surface area contributed by atoms with E-state index < -0.39 is 0 Å². The van der Waals surface area contributed by atoms with Crippen LogP contribution < -0.4 is 0 Å². The van der Waals surface area contributed by atoms with E-state index in [4.69, 9.17) is 0 Å². The van der Waals surface area contributed by atoms with Gasteiger partial charge in [0, 0.05) is 5.92 Å².